The number of nitrogens with one attached hydrogen (secondary N) is 1. The molecule has 1 aromatic heterocycles. The molecule has 0 spiro atoms. The number of hydrogen-bond acceptors (Lipinski definition) is 7. The van der Waals surface area contributed by atoms with Crippen LogP contribution in [-0.2, 0) is 6.42 Å². The van der Waals surface area contributed by atoms with E-state index in [1.165, 1.54) is 6.07 Å². The molecule has 2 aromatic carbocycles. The molecule has 8 nitrogen and oxygen atoms in total. The van der Waals surface area contributed by atoms with E-state index in [-0.39, 0.29) is 27.2 Å². The first-order chi connectivity index (χ1) is 15.4. The summed E-state index contributed by atoms with van der Waals surface area (Å²) in [4.78, 5) is 17.3. The predicted molar refractivity (Wildman–Crippen MR) is 121 cm³/mol. The number of aromatic hydroxyl groups is 1. The van der Waals surface area contributed by atoms with Crippen molar-refractivity contribution in [3.8, 4) is 11.5 Å². The number of ether oxygens (including phenoxy) is 1. The van der Waals surface area contributed by atoms with Gasteiger partial charge in [-0.1, -0.05) is 58.7 Å². The maximum absolute atomic E-state index is 13.0. The summed E-state index contributed by atoms with van der Waals surface area (Å²) in [5.74, 6) is -0.221. The molecule has 4 N–H and O–H groups in total. The van der Waals surface area contributed by atoms with Gasteiger partial charge in [-0.25, -0.2) is 0 Å². The Bertz CT molecular complexity index is 1060. The lowest BCUT2D eigenvalue weighted by atomic mass is 10.0. The Labute approximate surface area is 195 Å². The lowest BCUT2D eigenvalue weighted by Crippen LogP contribution is -2.30. The van der Waals surface area contributed by atoms with Gasteiger partial charge in [0.2, 0.25) is 5.89 Å². The summed E-state index contributed by atoms with van der Waals surface area (Å²) in [6, 6.07) is 10.2. The summed E-state index contributed by atoms with van der Waals surface area (Å²) in [5, 5.41) is 17.1. The van der Waals surface area contributed by atoms with Gasteiger partial charge >= 0.3 is 0 Å². The third-order valence-corrected chi connectivity index (χ3v) is 5.30. The van der Waals surface area contributed by atoms with Gasteiger partial charge in [0.1, 0.15) is 11.1 Å². The van der Waals surface area contributed by atoms with Crippen molar-refractivity contribution in [1.29, 1.82) is 0 Å². The van der Waals surface area contributed by atoms with Crippen LogP contribution in [0.15, 0.2) is 40.9 Å². The number of carbonyl (C=O) groups excluding carboxylic acids is 1. The van der Waals surface area contributed by atoms with Crippen molar-refractivity contribution in [2.24, 2.45) is 5.73 Å². The number of nitrogens with two attached hydrogens (primary N) is 1. The molecule has 32 heavy (non-hydrogen) atoms. The molecule has 0 aliphatic rings. The third-order valence-electron chi connectivity index (χ3n) is 4.67. The Morgan fingerprint density at radius 3 is 2.69 bits per heavy atom. The van der Waals surface area contributed by atoms with Gasteiger partial charge in [-0.15, -0.1) is 0 Å². The van der Waals surface area contributed by atoms with Crippen molar-refractivity contribution >= 4 is 29.1 Å². The first-order valence-electron chi connectivity index (χ1n) is 10.1. The molecule has 0 aliphatic heterocycles. The van der Waals surface area contributed by atoms with Crippen LogP contribution in [0.5, 0.6) is 11.5 Å². The summed E-state index contributed by atoms with van der Waals surface area (Å²) >= 11 is 12.5. The highest BCUT2D eigenvalue weighted by Gasteiger charge is 2.26. The number of amides is 1. The normalized spacial score (nSPS) is 11.9. The smallest absolute Gasteiger partial charge is 0.255 e. The van der Waals surface area contributed by atoms with E-state index in [1.54, 1.807) is 6.92 Å². The summed E-state index contributed by atoms with van der Waals surface area (Å²) in [5.41, 5.74) is 6.33. The molecular weight excluding hydrogens is 455 g/mol. The van der Waals surface area contributed by atoms with E-state index in [0.29, 0.717) is 31.8 Å². The highest BCUT2D eigenvalue weighted by Crippen LogP contribution is 2.42. The Morgan fingerprint density at radius 2 is 2.03 bits per heavy atom. The zero-order valence-electron chi connectivity index (χ0n) is 17.5. The number of rotatable bonds is 10. The molecule has 10 heteroatoms. The Hall–Kier alpha value is -2.81. The van der Waals surface area contributed by atoms with Crippen LogP contribution >= 0.6 is 23.2 Å². The van der Waals surface area contributed by atoms with Gasteiger partial charge in [-0.05, 0) is 37.9 Å². The fourth-order valence-corrected chi connectivity index (χ4v) is 3.62. The molecule has 1 heterocycles. The molecule has 0 fully saturated rings. The number of phenols is 1. The van der Waals surface area contributed by atoms with Gasteiger partial charge in [0.05, 0.1) is 17.2 Å². The summed E-state index contributed by atoms with van der Waals surface area (Å²) in [6.07, 6.45) is 1.88. The van der Waals surface area contributed by atoms with Crippen LogP contribution in [0, 0.1) is 6.92 Å². The van der Waals surface area contributed by atoms with E-state index in [4.69, 9.17) is 38.2 Å². The van der Waals surface area contributed by atoms with Gasteiger partial charge in [-0.3, -0.25) is 4.79 Å². The van der Waals surface area contributed by atoms with Crippen molar-refractivity contribution in [2.45, 2.75) is 32.2 Å². The van der Waals surface area contributed by atoms with E-state index >= 15 is 0 Å². The van der Waals surface area contributed by atoms with Crippen LogP contribution < -0.4 is 15.8 Å². The van der Waals surface area contributed by atoms with Crippen molar-refractivity contribution in [3.05, 3.63) is 69.3 Å². The minimum atomic E-state index is -0.629. The van der Waals surface area contributed by atoms with Crippen LogP contribution in [0.3, 0.4) is 0 Å². The third kappa shape index (κ3) is 5.91. The fourth-order valence-electron chi connectivity index (χ4n) is 3.06. The van der Waals surface area contributed by atoms with Crippen LogP contribution in [0.1, 0.15) is 46.5 Å². The molecule has 1 atom stereocenters. The number of aromatic nitrogens is 2. The summed E-state index contributed by atoms with van der Waals surface area (Å²) < 4.78 is 10.8. The molecule has 1 amide bonds. The SMILES string of the molecule is Cc1noc([C@H](Cc2ccccc2)NC(=O)c2cc(Cl)c(OCCCCN)c(Cl)c2O)n1. The van der Waals surface area contributed by atoms with Crippen LogP contribution in [-0.4, -0.2) is 34.3 Å². The number of unbranched alkanes of at least 4 members (excludes halogenated alkanes) is 1. The van der Waals surface area contributed by atoms with Gasteiger partial charge in [0, 0.05) is 6.42 Å². The quantitative estimate of drug-likeness (QED) is 0.372. The zero-order chi connectivity index (χ0) is 23.1. The molecular formula is C22H24Cl2N4O4. The van der Waals surface area contributed by atoms with Crippen LogP contribution in [0.4, 0.5) is 0 Å². The van der Waals surface area contributed by atoms with Gasteiger partial charge in [0.25, 0.3) is 5.91 Å². The van der Waals surface area contributed by atoms with Gasteiger partial charge < -0.3 is 25.4 Å². The standard InChI is InChI=1S/C22H24Cl2N4O4/c1-13-26-22(32-28-13)17(11-14-7-3-2-4-8-14)27-21(30)15-12-16(23)20(18(24)19(15)29)31-10-6-5-9-25/h2-4,7-8,12,17,29H,5-6,9-11,25H2,1H3,(H,27,30)/t17-/m0/s1. The van der Waals surface area contributed by atoms with E-state index in [2.05, 4.69) is 15.5 Å². The number of phenolic OH excluding ortho intramolecular Hbond substituents is 1. The molecule has 0 radical (unpaired) electrons. The monoisotopic (exact) mass is 478 g/mol. The summed E-state index contributed by atoms with van der Waals surface area (Å²) in [7, 11) is 0. The van der Waals surface area contributed by atoms with Crippen LogP contribution in [0.2, 0.25) is 10.0 Å². The molecule has 3 rings (SSSR count). The molecule has 3 aromatic rings. The average Bonchev–Trinajstić information content (AvgIpc) is 3.22. The van der Waals surface area contributed by atoms with Crippen LogP contribution in [0.25, 0.3) is 0 Å². The first kappa shape index (κ1) is 23.8. The van der Waals surface area contributed by atoms with E-state index in [1.807, 2.05) is 30.3 Å². The predicted octanol–water partition coefficient (Wildman–Crippen LogP) is 4.22. The second-order valence-corrected chi connectivity index (χ2v) is 7.92. The Balaban J connectivity index is 1.82. The zero-order valence-corrected chi connectivity index (χ0v) is 19.0. The Morgan fingerprint density at radius 1 is 1.28 bits per heavy atom. The van der Waals surface area contributed by atoms with Crippen molar-refractivity contribution < 1.29 is 19.2 Å². The second-order valence-electron chi connectivity index (χ2n) is 7.14. The number of aryl methyl sites for hydroxylation is 1. The maximum atomic E-state index is 13.0. The minimum Gasteiger partial charge on any atom is -0.505 e. The van der Waals surface area contributed by atoms with E-state index in [0.717, 1.165) is 12.0 Å². The number of hydrogen-bond donors (Lipinski definition) is 3. The second kappa shape index (κ2) is 11.2. The fraction of sp³-hybridized carbons (Fsp3) is 0.318. The van der Waals surface area contributed by atoms with Crippen molar-refractivity contribution in [2.75, 3.05) is 13.2 Å². The molecule has 0 unspecified atom stereocenters. The highest BCUT2D eigenvalue weighted by molar-refractivity contribution is 6.39. The molecule has 0 aliphatic carbocycles. The number of carbonyl (C=O) groups is 1. The number of benzene rings is 2. The van der Waals surface area contributed by atoms with E-state index in [9.17, 15) is 9.90 Å². The topological polar surface area (TPSA) is 124 Å². The largest absolute Gasteiger partial charge is 0.505 e. The molecule has 0 bridgehead atoms. The average molecular weight is 479 g/mol. The number of nitrogens with zero attached hydrogens (tertiary/aromatic N) is 2. The molecule has 0 saturated heterocycles. The Kier molecular flexibility index (Phi) is 8.33. The minimum absolute atomic E-state index is 0.0939. The summed E-state index contributed by atoms with van der Waals surface area (Å²) in [6.45, 7) is 2.56. The van der Waals surface area contributed by atoms with Gasteiger partial charge in [0.15, 0.2) is 17.3 Å². The van der Waals surface area contributed by atoms with E-state index < -0.39 is 17.7 Å². The van der Waals surface area contributed by atoms with Crippen molar-refractivity contribution in [3.63, 3.8) is 0 Å². The lowest BCUT2D eigenvalue weighted by molar-refractivity contribution is 0.0925. The lowest BCUT2D eigenvalue weighted by Gasteiger charge is -2.17. The molecule has 0 saturated carbocycles. The highest BCUT2D eigenvalue weighted by atomic mass is 35.5. The maximum Gasteiger partial charge on any atom is 0.255 e. The molecule has 170 valence electrons. The first-order valence-corrected chi connectivity index (χ1v) is 10.8. The van der Waals surface area contributed by atoms with Crippen molar-refractivity contribution in [1.82, 2.24) is 15.5 Å². The number of halogens is 2. The van der Waals surface area contributed by atoms with Gasteiger partial charge in [-0.2, -0.15) is 4.98 Å².